The van der Waals surface area contributed by atoms with Gasteiger partial charge in [0.2, 0.25) is 5.91 Å². The number of para-hydroxylation sites is 1. The Bertz CT molecular complexity index is 805. The van der Waals surface area contributed by atoms with Crippen LogP contribution in [0.2, 0.25) is 5.02 Å². The lowest BCUT2D eigenvalue weighted by Crippen LogP contribution is -2.35. The summed E-state index contributed by atoms with van der Waals surface area (Å²) in [5.41, 5.74) is 1.60. The zero-order valence-electron chi connectivity index (χ0n) is 17.3. The van der Waals surface area contributed by atoms with Gasteiger partial charge in [-0.05, 0) is 55.2 Å². The predicted molar refractivity (Wildman–Crippen MR) is 123 cm³/mol. The number of nitrogens with one attached hydrogen (secondary N) is 2. The van der Waals surface area contributed by atoms with Crippen LogP contribution in [0.25, 0.3) is 0 Å². The van der Waals surface area contributed by atoms with E-state index in [4.69, 9.17) is 11.6 Å². The lowest BCUT2D eigenvalue weighted by molar-refractivity contribution is -0.118. The van der Waals surface area contributed by atoms with Gasteiger partial charge in [-0.1, -0.05) is 55.5 Å². The van der Waals surface area contributed by atoms with Crippen LogP contribution in [0, 0.1) is 5.92 Å². The summed E-state index contributed by atoms with van der Waals surface area (Å²) in [7, 11) is 0. The van der Waals surface area contributed by atoms with Gasteiger partial charge in [-0.3, -0.25) is 4.79 Å². The Morgan fingerprint density at radius 1 is 1.00 bits per heavy atom. The molecule has 0 aromatic heterocycles. The van der Waals surface area contributed by atoms with Gasteiger partial charge in [0.05, 0.1) is 0 Å². The quantitative estimate of drug-likeness (QED) is 0.492. The largest absolute Gasteiger partial charge is 0.338 e. The molecule has 30 heavy (non-hydrogen) atoms. The molecular weight excluding hydrogens is 398 g/mol. The number of benzene rings is 2. The molecule has 3 rings (SSSR count). The molecule has 0 bridgehead atoms. The number of anilines is 2. The first kappa shape index (κ1) is 22.2. The number of halogens is 1. The van der Waals surface area contributed by atoms with E-state index in [1.54, 1.807) is 24.3 Å². The highest BCUT2D eigenvalue weighted by Gasteiger charge is 2.20. The fraction of sp³-hybridized carbons (Fsp3) is 0.417. The molecule has 5 nitrogen and oxygen atoms in total. The highest BCUT2D eigenvalue weighted by molar-refractivity contribution is 6.30. The lowest BCUT2D eigenvalue weighted by Gasteiger charge is -2.24. The first-order chi connectivity index (χ1) is 14.6. The van der Waals surface area contributed by atoms with E-state index in [0.717, 1.165) is 12.1 Å². The normalized spacial score (nSPS) is 13.8. The van der Waals surface area contributed by atoms with Crippen LogP contribution in [-0.2, 0) is 4.79 Å². The summed E-state index contributed by atoms with van der Waals surface area (Å²) < 4.78 is 0. The molecule has 6 heteroatoms. The molecular formula is C24H30ClN3O2. The van der Waals surface area contributed by atoms with E-state index in [1.807, 2.05) is 35.2 Å². The molecule has 3 amide bonds. The predicted octanol–water partition coefficient (Wildman–Crippen LogP) is 5.86. The molecule has 0 atom stereocenters. The second kappa shape index (κ2) is 11.6. The fourth-order valence-corrected chi connectivity index (χ4v) is 4.04. The molecule has 2 N–H and O–H groups in total. The average molecular weight is 428 g/mol. The number of amides is 3. The second-order valence-corrected chi connectivity index (χ2v) is 8.25. The minimum absolute atomic E-state index is 0.165. The number of carbonyl (C=O) groups excluding carboxylic acids is 2. The standard InChI is InChI=1S/C24H30ClN3O2/c25-20-12-14-21(15-13-20)27-24(30)26-17-6-18-28(22-9-2-1-3-10-22)23(29)16-11-19-7-4-5-8-19/h1-3,9-10,12-15,19H,4-8,11,16-18H2,(H2,26,27,30). The summed E-state index contributed by atoms with van der Waals surface area (Å²) in [6.07, 6.45) is 7.35. The van der Waals surface area contributed by atoms with Crippen molar-refractivity contribution in [3.05, 3.63) is 59.6 Å². The average Bonchev–Trinajstić information content (AvgIpc) is 3.28. The van der Waals surface area contributed by atoms with E-state index >= 15 is 0 Å². The molecule has 0 spiro atoms. The molecule has 0 aliphatic heterocycles. The molecule has 0 heterocycles. The van der Waals surface area contributed by atoms with Crippen LogP contribution < -0.4 is 15.5 Å². The zero-order chi connectivity index (χ0) is 21.2. The Morgan fingerprint density at radius 3 is 2.40 bits per heavy atom. The van der Waals surface area contributed by atoms with Gasteiger partial charge >= 0.3 is 6.03 Å². The van der Waals surface area contributed by atoms with Crippen LogP contribution in [0.4, 0.5) is 16.2 Å². The molecule has 1 saturated carbocycles. The summed E-state index contributed by atoms with van der Waals surface area (Å²) in [6.45, 7) is 1.06. The van der Waals surface area contributed by atoms with Crippen LogP contribution in [-0.4, -0.2) is 25.0 Å². The van der Waals surface area contributed by atoms with Gasteiger partial charge in [-0.15, -0.1) is 0 Å². The van der Waals surface area contributed by atoms with Crippen molar-refractivity contribution in [2.75, 3.05) is 23.3 Å². The highest BCUT2D eigenvalue weighted by Crippen LogP contribution is 2.29. The monoisotopic (exact) mass is 427 g/mol. The van der Waals surface area contributed by atoms with Crippen molar-refractivity contribution >= 4 is 34.9 Å². The summed E-state index contributed by atoms with van der Waals surface area (Å²) in [4.78, 5) is 26.8. The summed E-state index contributed by atoms with van der Waals surface area (Å²) in [5.74, 6) is 0.864. The molecule has 0 saturated heterocycles. The van der Waals surface area contributed by atoms with E-state index in [0.29, 0.717) is 42.6 Å². The van der Waals surface area contributed by atoms with Crippen molar-refractivity contribution in [1.29, 1.82) is 0 Å². The number of rotatable bonds is 9. The molecule has 2 aromatic carbocycles. The van der Waals surface area contributed by atoms with Crippen LogP contribution in [0.3, 0.4) is 0 Å². The van der Waals surface area contributed by atoms with E-state index in [1.165, 1.54) is 25.7 Å². The number of urea groups is 1. The van der Waals surface area contributed by atoms with Gasteiger partial charge in [0.1, 0.15) is 0 Å². The van der Waals surface area contributed by atoms with Gasteiger partial charge in [0, 0.05) is 35.9 Å². The highest BCUT2D eigenvalue weighted by atomic mass is 35.5. The molecule has 1 aliphatic carbocycles. The molecule has 160 valence electrons. The molecule has 1 aliphatic rings. The molecule has 0 unspecified atom stereocenters. The van der Waals surface area contributed by atoms with Gasteiger partial charge < -0.3 is 15.5 Å². The van der Waals surface area contributed by atoms with Crippen molar-refractivity contribution in [2.24, 2.45) is 5.92 Å². The number of hydrogen-bond acceptors (Lipinski definition) is 2. The van der Waals surface area contributed by atoms with E-state index < -0.39 is 0 Å². The van der Waals surface area contributed by atoms with Crippen LogP contribution in [0.15, 0.2) is 54.6 Å². The Labute approximate surface area is 183 Å². The van der Waals surface area contributed by atoms with Crippen molar-refractivity contribution in [1.82, 2.24) is 5.32 Å². The Kier molecular flexibility index (Phi) is 8.57. The molecule has 1 fully saturated rings. The maximum atomic E-state index is 12.9. The maximum absolute atomic E-state index is 12.9. The molecule has 2 aromatic rings. The summed E-state index contributed by atoms with van der Waals surface area (Å²) >= 11 is 5.85. The zero-order valence-corrected chi connectivity index (χ0v) is 18.0. The van der Waals surface area contributed by atoms with Gasteiger partial charge in [-0.2, -0.15) is 0 Å². The number of hydrogen-bond donors (Lipinski definition) is 2. The number of carbonyl (C=O) groups is 2. The Morgan fingerprint density at radius 2 is 1.70 bits per heavy atom. The molecule has 0 radical (unpaired) electrons. The van der Waals surface area contributed by atoms with Crippen molar-refractivity contribution < 1.29 is 9.59 Å². The minimum Gasteiger partial charge on any atom is -0.338 e. The van der Waals surface area contributed by atoms with Crippen LogP contribution in [0.5, 0.6) is 0 Å². The SMILES string of the molecule is O=C(NCCCN(C(=O)CCC1CCCC1)c1ccccc1)Nc1ccc(Cl)cc1. The summed E-state index contributed by atoms with van der Waals surface area (Å²) in [5, 5.41) is 6.25. The first-order valence-electron chi connectivity index (χ1n) is 10.8. The van der Waals surface area contributed by atoms with E-state index in [-0.39, 0.29) is 11.9 Å². The van der Waals surface area contributed by atoms with Crippen LogP contribution >= 0.6 is 11.6 Å². The lowest BCUT2D eigenvalue weighted by atomic mass is 10.0. The van der Waals surface area contributed by atoms with Crippen LogP contribution in [0.1, 0.15) is 44.9 Å². The third-order valence-corrected chi connectivity index (χ3v) is 5.81. The van der Waals surface area contributed by atoms with Crippen molar-refractivity contribution in [2.45, 2.75) is 44.9 Å². The van der Waals surface area contributed by atoms with E-state index in [2.05, 4.69) is 10.6 Å². The Hall–Kier alpha value is -2.53. The third-order valence-electron chi connectivity index (χ3n) is 5.56. The summed E-state index contributed by atoms with van der Waals surface area (Å²) in [6, 6.07) is 16.5. The topological polar surface area (TPSA) is 61.4 Å². The van der Waals surface area contributed by atoms with Gasteiger partial charge in [0.15, 0.2) is 0 Å². The first-order valence-corrected chi connectivity index (χ1v) is 11.2. The maximum Gasteiger partial charge on any atom is 0.319 e. The van der Waals surface area contributed by atoms with Crippen molar-refractivity contribution in [3.63, 3.8) is 0 Å². The minimum atomic E-state index is -0.267. The van der Waals surface area contributed by atoms with Gasteiger partial charge in [0.25, 0.3) is 0 Å². The number of nitrogens with zero attached hydrogens (tertiary/aromatic N) is 1. The fourth-order valence-electron chi connectivity index (χ4n) is 3.91. The third kappa shape index (κ3) is 7.06. The smallest absolute Gasteiger partial charge is 0.319 e. The van der Waals surface area contributed by atoms with E-state index in [9.17, 15) is 9.59 Å². The Balaban J connectivity index is 1.46. The van der Waals surface area contributed by atoms with Gasteiger partial charge in [-0.25, -0.2) is 4.79 Å². The van der Waals surface area contributed by atoms with Crippen molar-refractivity contribution in [3.8, 4) is 0 Å². The second-order valence-electron chi connectivity index (χ2n) is 7.81.